The van der Waals surface area contributed by atoms with E-state index >= 15 is 0 Å². The van der Waals surface area contributed by atoms with E-state index in [4.69, 9.17) is 16.3 Å². The number of hydrogen-bond donors (Lipinski definition) is 0. The first-order valence-corrected chi connectivity index (χ1v) is 7.77. The molecule has 3 aromatic rings. The fraction of sp³-hybridized carbons (Fsp3) is 0.0500. The van der Waals surface area contributed by atoms with Crippen molar-refractivity contribution in [3.63, 3.8) is 0 Å². The predicted octanol–water partition coefficient (Wildman–Crippen LogP) is 5.54. The summed E-state index contributed by atoms with van der Waals surface area (Å²) >= 11 is 5.82. The zero-order valence-electron chi connectivity index (χ0n) is 12.7. The molecular formula is C20H14ClFO2. The lowest BCUT2D eigenvalue weighted by Crippen LogP contribution is -1.98. The summed E-state index contributed by atoms with van der Waals surface area (Å²) < 4.78 is 19.8. The van der Waals surface area contributed by atoms with E-state index in [0.29, 0.717) is 35.3 Å². The van der Waals surface area contributed by atoms with Crippen LogP contribution in [0.5, 0.6) is 5.75 Å². The molecule has 0 spiro atoms. The van der Waals surface area contributed by atoms with E-state index in [2.05, 4.69) is 0 Å². The van der Waals surface area contributed by atoms with Gasteiger partial charge in [0, 0.05) is 5.56 Å². The second-order valence-corrected chi connectivity index (χ2v) is 5.65. The number of ether oxygens (including phenoxy) is 1. The molecule has 0 unspecified atom stereocenters. The molecular weight excluding hydrogens is 327 g/mol. The Morgan fingerprint density at radius 2 is 1.79 bits per heavy atom. The summed E-state index contributed by atoms with van der Waals surface area (Å²) in [5.41, 5.74) is 2.28. The van der Waals surface area contributed by atoms with Crippen LogP contribution in [-0.2, 0) is 6.61 Å². The fourth-order valence-electron chi connectivity index (χ4n) is 2.40. The first-order valence-electron chi connectivity index (χ1n) is 7.39. The quantitative estimate of drug-likeness (QED) is 0.570. The van der Waals surface area contributed by atoms with Crippen molar-refractivity contribution in [3.8, 4) is 16.9 Å². The van der Waals surface area contributed by atoms with Crippen molar-refractivity contribution in [2.24, 2.45) is 0 Å². The van der Waals surface area contributed by atoms with Crippen molar-refractivity contribution in [2.75, 3.05) is 0 Å². The lowest BCUT2D eigenvalue weighted by molar-refractivity contribution is 0.111. The van der Waals surface area contributed by atoms with Crippen molar-refractivity contribution < 1.29 is 13.9 Å². The molecule has 4 heteroatoms. The van der Waals surface area contributed by atoms with Crippen molar-refractivity contribution in [3.05, 3.63) is 88.7 Å². The molecule has 120 valence electrons. The molecule has 0 atom stereocenters. The maximum atomic E-state index is 14.1. The van der Waals surface area contributed by atoms with Crippen LogP contribution < -0.4 is 4.74 Å². The van der Waals surface area contributed by atoms with Gasteiger partial charge in [-0.25, -0.2) is 4.39 Å². The average Bonchev–Trinajstić information content (AvgIpc) is 2.63. The van der Waals surface area contributed by atoms with Gasteiger partial charge in [-0.3, -0.25) is 4.79 Å². The van der Waals surface area contributed by atoms with Crippen LogP contribution in [0.1, 0.15) is 15.9 Å². The third-order valence-corrected chi connectivity index (χ3v) is 3.93. The van der Waals surface area contributed by atoms with Crippen molar-refractivity contribution in [1.82, 2.24) is 0 Å². The van der Waals surface area contributed by atoms with Crippen molar-refractivity contribution >= 4 is 17.9 Å². The second-order valence-electron chi connectivity index (χ2n) is 5.25. The Hall–Kier alpha value is -2.65. The van der Waals surface area contributed by atoms with Gasteiger partial charge in [0.15, 0.2) is 6.29 Å². The number of benzene rings is 3. The maximum Gasteiger partial charge on any atom is 0.153 e. The fourth-order valence-corrected chi connectivity index (χ4v) is 2.58. The molecule has 0 fully saturated rings. The molecule has 0 saturated carbocycles. The van der Waals surface area contributed by atoms with Gasteiger partial charge in [-0.2, -0.15) is 0 Å². The Bertz CT molecular complexity index is 863. The normalized spacial score (nSPS) is 10.4. The van der Waals surface area contributed by atoms with Gasteiger partial charge < -0.3 is 4.74 Å². The summed E-state index contributed by atoms with van der Waals surface area (Å²) in [6, 6.07) is 19.4. The Balaban J connectivity index is 1.88. The van der Waals surface area contributed by atoms with Crippen LogP contribution in [-0.4, -0.2) is 6.29 Å². The maximum absolute atomic E-state index is 14.1. The molecule has 0 aromatic heterocycles. The van der Waals surface area contributed by atoms with Crippen LogP contribution in [0.2, 0.25) is 5.02 Å². The monoisotopic (exact) mass is 340 g/mol. The molecule has 0 heterocycles. The van der Waals surface area contributed by atoms with E-state index in [1.807, 2.05) is 30.3 Å². The zero-order valence-corrected chi connectivity index (χ0v) is 13.5. The van der Waals surface area contributed by atoms with Gasteiger partial charge in [-0.15, -0.1) is 0 Å². The van der Waals surface area contributed by atoms with E-state index in [-0.39, 0.29) is 5.02 Å². The number of halogens is 2. The number of carbonyl (C=O) groups is 1. The highest BCUT2D eigenvalue weighted by atomic mass is 35.5. The van der Waals surface area contributed by atoms with Gasteiger partial charge in [0.05, 0.1) is 10.6 Å². The summed E-state index contributed by atoms with van der Waals surface area (Å²) in [5, 5.41) is 0.0459. The first kappa shape index (κ1) is 16.2. The van der Waals surface area contributed by atoms with Crippen molar-refractivity contribution in [2.45, 2.75) is 6.61 Å². The lowest BCUT2D eigenvalue weighted by Gasteiger charge is -2.11. The molecule has 0 radical (unpaired) electrons. The number of rotatable bonds is 5. The van der Waals surface area contributed by atoms with Gasteiger partial charge in [-0.1, -0.05) is 60.1 Å². The smallest absolute Gasteiger partial charge is 0.153 e. The minimum atomic E-state index is -0.506. The molecule has 3 aromatic carbocycles. The summed E-state index contributed by atoms with van der Waals surface area (Å²) in [6.07, 6.45) is 0.701. The van der Waals surface area contributed by atoms with E-state index in [0.717, 1.165) is 5.56 Å². The standard InChI is InChI=1S/C20H14ClFO2/c21-18-8-4-7-17(20(18)22)15-9-10-19(16(11-15)12-23)24-13-14-5-2-1-3-6-14/h1-12H,13H2. The summed E-state index contributed by atoms with van der Waals surface area (Å²) in [7, 11) is 0. The van der Waals surface area contributed by atoms with Gasteiger partial charge >= 0.3 is 0 Å². The highest BCUT2D eigenvalue weighted by Crippen LogP contribution is 2.30. The molecule has 0 bridgehead atoms. The van der Waals surface area contributed by atoms with Crippen LogP contribution in [0.25, 0.3) is 11.1 Å². The zero-order chi connectivity index (χ0) is 16.9. The number of hydrogen-bond acceptors (Lipinski definition) is 2. The Kier molecular flexibility index (Phi) is 4.92. The third kappa shape index (κ3) is 3.47. The van der Waals surface area contributed by atoms with E-state index in [1.54, 1.807) is 30.3 Å². The molecule has 0 saturated heterocycles. The summed E-state index contributed by atoms with van der Waals surface area (Å²) in [4.78, 5) is 11.4. The van der Waals surface area contributed by atoms with E-state index < -0.39 is 5.82 Å². The van der Waals surface area contributed by atoms with Crippen LogP contribution in [0.4, 0.5) is 4.39 Å². The second kappa shape index (κ2) is 7.28. The Morgan fingerprint density at radius 1 is 1.00 bits per heavy atom. The largest absolute Gasteiger partial charge is 0.488 e. The SMILES string of the molecule is O=Cc1cc(-c2cccc(Cl)c2F)ccc1OCc1ccccc1. The number of carbonyl (C=O) groups excluding carboxylic acids is 1. The molecule has 3 rings (SSSR count). The Labute approximate surface area is 144 Å². The molecule has 0 aliphatic rings. The Morgan fingerprint density at radius 3 is 2.54 bits per heavy atom. The molecule has 0 N–H and O–H groups in total. The minimum Gasteiger partial charge on any atom is -0.488 e. The highest BCUT2D eigenvalue weighted by Gasteiger charge is 2.11. The molecule has 0 amide bonds. The van der Waals surface area contributed by atoms with Crippen LogP contribution in [0, 0.1) is 5.82 Å². The van der Waals surface area contributed by atoms with Crippen molar-refractivity contribution in [1.29, 1.82) is 0 Å². The predicted molar refractivity (Wildman–Crippen MR) is 93.0 cm³/mol. The van der Waals surface area contributed by atoms with Crippen LogP contribution >= 0.6 is 11.6 Å². The van der Waals surface area contributed by atoms with Gasteiger partial charge in [-0.05, 0) is 29.3 Å². The van der Waals surface area contributed by atoms with Gasteiger partial charge in [0.25, 0.3) is 0 Å². The van der Waals surface area contributed by atoms with Gasteiger partial charge in [0.1, 0.15) is 18.2 Å². The summed E-state index contributed by atoms with van der Waals surface area (Å²) in [5.74, 6) is -0.0472. The van der Waals surface area contributed by atoms with Crippen LogP contribution in [0.15, 0.2) is 66.7 Å². The molecule has 2 nitrogen and oxygen atoms in total. The molecule has 0 aliphatic carbocycles. The lowest BCUT2D eigenvalue weighted by atomic mass is 10.0. The molecule has 24 heavy (non-hydrogen) atoms. The topological polar surface area (TPSA) is 26.3 Å². The van der Waals surface area contributed by atoms with Gasteiger partial charge in [0.2, 0.25) is 0 Å². The summed E-state index contributed by atoms with van der Waals surface area (Å²) in [6.45, 7) is 0.354. The third-order valence-electron chi connectivity index (χ3n) is 3.64. The number of aldehydes is 1. The van der Waals surface area contributed by atoms with Crippen LogP contribution in [0.3, 0.4) is 0 Å². The molecule has 0 aliphatic heterocycles. The first-order chi connectivity index (χ1) is 11.7. The highest BCUT2D eigenvalue weighted by molar-refractivity contribution is 6.31. The van der Waals surface area contributed by atoms with E-state index in [9.17, 15) is 9.18 Å². The average molecular weight is 341 g/mol. The minimum absolute atomic E-state index is 0.0459. The van der Waals surface area contributed by atoms with E-state index in [1.165, 1.54) is 6.07 Å².